The first-order valence-electron chi connectivity index (χ1n) is 3.54. The SMILES string of the molecule is C=CCCC(C=O)NC(C)=O. The third kappa shape index (κ3) is 5.33. The maximum absolute atomic E-state index is 10.5. The second-order valence-electron chi connectivity index (χ2n) is 2.31. The first-order chi connectivity index (χ1) is 5.20. The molecule has 3 heteroatoms. The number of amides is 1. The molecule has 1 unspecified atom stereocenters. The lowest BCUT2D eigenvalue weighted by molar-refractivity contribution is -0.122. The summed E-state index contributed by atoms with van der Waals surface area (Å²) in [6.45, 7) is 4.91. The van der Waals surface area contributed by atoms with Gasteiger partial charge in [0.05, 0.1) is 6.04 Å². The van der Waals surface area contributed by atoms with Crippen molar-refractivity contribution in [2.24, 2.45) is 0 Å². The second kappa shape index (κ2) is 5.65. The molecule has 0 saturated carbocycles. The lowest BCUT2D eigenvalue weighted by atomic mass is 10.2. The standard InChI is InChI=1S/C8H13NO2/c1-3-4-5-8(6-10)9-7(2)11/h3,6,8H,1,4-5H2,2H3,(H,9,11). The minimum atomic E-state index is -0.356. The number of hydrogen-bond acceptors (Lipinski definition) is 2. The van der Waals surface area contributed by atoms with Gasteiger partial charge in [0.2, 0.25) is 5.91 Å². The van der Waals surface area contributed by atoms with Gasteiger partial charge in [0, 0.05) is 6.92 Å². The molecule has 0 saturated heterocycles. The molecule has 0 fully saturated rings. The Bertz CT molecular complexity index is 154. The Balaban J connectivity index is 3.65. The number of hydrogen-bond donors (Lipinski definition) is 1. The van der Waals surface area contributed by atoms with Crippen molar-refractivity contribution >= 4 is 12.2 Å². The summed E-state index contributed by atoms with van der Waals surface area (Å²) in [5.74, 6) is -0.175. The Morgan fingerprint density at radius 2 is 2.36 bits per heavy atom. The first-order valence-corrected chi connectivity index (χ1v) is 3.54. The molecule has 1 amide bonds. The molecular weight excluding hydrogens is 142 g/mol. The zero-order valence-corrected chi connectivity index (χ0v) is 6.67. The molecule has 0 aromatic heterocycles. The van der Waals surface area contributed by atoms with E-state index in [1.54, 1.807) is 6.08 Å². The molecule has 0 bridgehead atoms. The topological polar surface area (TPSA) is 46.2 Å². The van der Waals surface area contributed by atoms with Crippen molar-refractivity contribution in [2.75, 3.05) is 0 Å². The van der Waals surface area contributed by atoms with Gasteiger partial charge in [0.25, 0.3) is 0 Å². The van der Waals surface area contributed by atoms with E-state index in [1.165, 1.54) is 6.92 Å². The number of allylic oxidation sites excluding steroid dienone is 1. The smallest absolute Gasteiger partial charge is 0.217 e. The van der Waals surface area contributed by atoms with Gasteiger partial charge in [-0.1, -0.05) is 6.08 Å². The van der Waals surface area contributed by atoms with Crippen LogP contribution in [0.5, 0.6) is 0 Å². The van der Waals surface area contributed by atoms with E-state index in [1.807, 2.05) is 0 Å². The summed E-state index contributed by atoms with van der Waals surface area (Å²) in [6, 6.07) is -0.356. The number of nitrogens with one attached hydrogen (secondary N) is 1. The molecule has 0 aromatic rings. The monoisotopic (exact) mass is 155 g/mol. The lowest BCUT2D eigenvalue weighted by Gasteiger charge is -2.08. The van der Waals surface area contributed by atoms with Gasteiger partial charge in [0.15, 0.2) is 0 Å². The van der Waals surface area contributed by atoms with Gasteiger partial charge in [0.1, 0.15) is 6.29 Å². The molecule has 62 valence electrons. The van der Waals surface area contributed by atoms with Crippen LogP contribution in [-0.4, -0.2) is 18.2 Å². The molecular formula is C8H13NO2. The Morgan fingerprint density at radius 1 is 1.73 bits per heavy atom. The molecule has 0 spiro atoms. The maximum Gasteiger partial charge on any atom is 0.217 e. The third-order valence-corrected chi connectivity index (χ3v) is 1.23. The molecule has 3 nitrogen and oxygen atoms in total. The normalized spacial score (nSPS) is 11.7. The number of rotatable bonds is 5. The van der Waals surface area contributed by atoms with Crippen LogP contribution in [0.2, 0.25) is 0 Å². The predicted octanol–water partition coefficient (Wildman–Crippen LogP) is 0.656. The van der Waals surface area contributed by atoms with Gasteiger partial charge in [-0.2, -0.15) is 0 Å². The summed E-state index contributed by atoms with van der Waals surface area (Å²) < 4.78 is 0. The van der Waals surface area contributed by atoms with Crippen LogP contribution < -0.4 is 5.32 Å². The first kappa shape index (κ1) is 9.88. The Hall–Kier alpha value is -1.12. The van der Waals surface area contributed by atoms with E-state index in [2.05, 4.69) is 11.9 Å². The molecule has 1 atom stereocenters. The highest BCUT2D eigenvalue weighted by Crippen LogP contribution is 1.94. The van der Waals surface area contributed by atoms with E-state index in [0.717, 1.165) is 12.7 Å². The van der Waals surface area contributed by atoms with Crippen molar-refractivity contribution in [3.8, 4) is 0 Å². The fourth-order valence-corrected chi connectivity index (χ4v) is 0.733. The number of carbonyl (C=O) groups is 2. The summed E-state index contributed by atoms with van der Waals surface area (Å²) >= 11 is 0. The molecule has 0 heterocycles. The van der Waals surface area contributed by atoms with Crippen molar-refractivity contribution in [2.45, 2.75) is 25.8 Å². The zero-order valence-electron chi connectivity index (χ0n) is 6.67. The average molecular weight is 155 g/mol. The fourth-order valence-electron chi connectivity index (χ4n) is 0.733. The number of aldehydes is 1. The molecule has 0 aromatic carbocycles. The van der Waals surface area contributed by atoms with Crippen LogP contribution in [0.4, 0.5) is 0 Å². The lowest BCUT2D eigenvalue weighted by Crippen LogP contribution is -2.33. The van der Waals surface area contributed by atoms with E-state index in [9.17, 15) is 9.59 Å². The van der Waals surface area contributed by atoms with Crippen LogP contribution in [0, 0.1) is 0 Å². The second-order valence-corrected chi connectivity index (χ2v) is 2.31. The minimum Gasteiger partial charge on any atom is -0.347 e. The van der Waals surface area contributed by atoms with Crippen molar-refractivity contribution in [1.29, 1.82) is 0 Å². The Kier molecular flexibility index (Phi) is 5.07. The summed E-state index contributed by atoms with van der Waals surface area (Å²) in [4.78, 5) is 20.8. The van der Waals surface area contributed by atoms with Crippen molar-refractivity contribution < 1.29 is 9.59 Å². The van der Waals surface area contributed by atoms with Gasteiger partial charge >= 0.3 is 0 Å². The van der Waals surface area contributed by atoms with Crippen LogP contribution in [-0.2, 0) is 9.59 Å². The highest BCUT2D eigenvalue weighted by molar-refractivity contribution is 5.77. The summed E-state index contributed by atoms with van der Waals surface area (Å²) in [5, 5.41) is 2.51. The van der Waals surface area contributed by atoms with E-state index in [4.69, 9.17) is 0 Å². The van der Waals surface area contributed by atoms with Gasteiger partial charge in [-0.05, 0) is 12.8 Å². The van der Waals surface area contributed by atoms with Crippen molar-refractivity contribution in [1.82, 2.24) is 5.32 Å². The fraction of sp³-hybridized carbons (Fsp3) is 0.500. The average Bonchev–Trinajstić information content (AvgIpc) is 1.97. The Morgan fingerprint density at radius 3 is 2.73 bits per heavy atom. The quantitative estimate of drug-likeness (QED) is 0.468. The van der Waals surface area contributed by atoms with Crippen LogP contribution in [0.25, 0.3) is 0 Å². The van der Waals surface area contributed by atoms with Gasteiger partial charge in [-0.3, -0.25) is 4.79 Å². The van der Waals surface area contributed by atoms with Crippen LogP contribution >= 0.6 is 0 Å². The molecule has 0 aliphatic carbocycles. The Labute approximate surface area is 66.5 Å². The highest BCUT2D eigenvalue weighted by atomic mass is 16.2. The van der Waals surface area contributed by atoms with Gasteiger partial charge in [-0.25, -0.2) is 0 Å². The molecule has 0 radical (unpaired) electrons. The summed E-state index contributed by atoms with van der Waals surface area (Å²) in [5.41, 5.74) is 0. The van der Waals surface area contributed by atoms with E-state index in [0.29, 0.717) is 6.42 Å². The van der Waals surface area contributed by atoms with E-state index >= 15 is 0 Å². The summed E-state index contributed by atoms with van der Waals surface area (Å²) in [7, 11) is 0. The van der Waals surface area contributed by atoms with Gasteiger partial charge in [-0.15, -0.1) is 6.58 Å². The summed E-state index contributed by atoms with van der Waals surface area (Å²) in [6.07, 6.45) is 3.83. The van der Waals surface area contributed by atoms with Crippen LogP contribution in [0.1, 0.15) is 19.8 Å². The van der Waals surface area contributed by atoms with Crippen molar-refractivity contribution in [3.05, 3.63) is 12.7 Å². The van der Waals surface area contributed by atoms with Crippen LogP contribution in [0.3, 0.4) is 0 Å². The van der Waals surface area contributed by atoms with Gasteiger partial charge < -0.3 is 10.1 Å². The molecule has 0 rings (SSSR count). The van der Waals surface area contributed by atoms with E-state index in [-0.39, 0.29) is 11.9 Å². The predicted molar refractivity (Wildman–Crippen MR) is 43.1 cm³/mol. The zero-order chi connectivity index (χ0) is 8.69. The third-order valence-electron chi connectivity index (χ3n) is 1.23. The maximum atomic E-state index is 10.5. The molecule has 11 heavy (non-hydrogen) atoms. The minimum absolute atomic E-state index is 0.175. The highest BCUT2D eigenvalue weighted by Gasteiger charge is 2.05. The van der Waals surface area contributed by atoms with Crippen molar-refractivity contribution in [3.63, 3.8) is 0 Å². The van der Waals surface area contributed by atoms with E-state index < -0.39 is 0 Å². The van der Waals surface area contributed by atoms with Crippen LogP contribution in [0.15, 0.2) is 12.7 Å². The molecule has 0 aliphatic heterocycles. The molecule has 0 aliphatic rings. The molecule has 1 N–H and O–H groups in total. The largest absolute Gasteiger partial charge is 0.347 e. The number of carbonyl (C=O) groups excluding carboxylic acids is 2.